The van der Waals surface area contributed by atoms with E-state index in [2.05, 4.69) is 5.32 Å². The van der Waals surface area contributed by atoms with E-state index in [-0.39, 0.29) is 41.5 Å². The smallest absolute Gasteiger partial charge is 0.366 e. The van der Waals surface area contributed by atoms with Crippen LogP contribution in [0, 0.1) is 16.0 Å². The molecule has 0 spiro atoms. The largest absolute Gasteiger partial charge is 0.416 e. The Balaban J connectivity index is 1.63. The van der Waals surface area contributed by atoms with Gasteiger partial charge in [-0.2, -0.15) is 13.2 Å². The van der Waals surface area contributed by atoms with Crippen molar-refractivity contribution < 1.29 is 31.3 Å². The molecule has 12 heteroatoms. The van der Waals surface area contributed by atoms with Gasteiger partial charge in [-0.15, -0.1) is 0 Å². The molecule has 1 N–H and O–H groups in total. The number of halogens is 3. The molecule has 0 saturated carbocycles. The lowest BCUT2D eigenvalue weighted by Crippen LogP contribution is -2.41. The summed E-state index contributed by atoms with van der Waals surface area (Å²) in [5.41, 5.74) is -0.880. The fraction of sp³-hybridized carbons (Fsp3) is 0.409. The van der Waals surface area contributed by atoms with Crippen LogP contribution in [0.5, 0.6) is 0 Å². The van der Waals surface area contributed by atoms with Gasteiger partial charge in [0.05, 0.1) is 21.4 Å². The van der Waals surface area contributed by atoms with Crippen molar-refractivity contribution in [3.63, 3.8) is 0 Å². The first kappa shape index (κ1) is 25.5. The molecular formula is C22H24F3N3O5S. The Morgan fingerprint density at radius 3 is 2.24 bits per heavy atom. The van der Waals surface area contributed by atoms with Gasteiger partial charge >= 0.3 is 6.18 Å². The van der Waals surface area contributed by atoms with Gasteiger partial charge in [-0.25, -0.2) is 8.42 Å². The van der Waals surface area contributed by atoms with Gasteiger partial charge in [-0.1, -0.05) is 12.1 Å². The van der Waals surface area contributed by atoms with E-state index in [1.54, 1.807) is 24.0 Å². The highest BCUT2D eigenvalue weighted by Crippen LogP contribution is 2.37. The number of hydrogen-bond acceptors (Lipinski definition) is 6. The number of nitrogens with one attached hydrogen (secondary N) is 1. The van der Waals surface area contributed by atoms with Crippen LogP contribution < -0.4 is 10.2 Å². The molecule has 1 aliphatic rings. The Hall–Kier alpha value is -3.15. The van der Waals surface area contributed by atoms with Gasteiger partial charge < -0.3 is 10.2 Å². The van der Waals surface area contributed by atoms with Crippen LogP contribution in [0.1, 0.15) is 36.9 Å². The molecule has 0 aliphatic carbocycles. The van der Waals surface area contributed by atoms with Crippen molar-refractivity contribution in [1.82, 2.24) is 5.32 Å². The molecule has 2 aromatic rings. The summed E-state index contributed by atoms with van der Waals surface area (Å²) in [7, 11) is -3.32. The summed E-state index contributed by atoms with van der Waals surface area (Å²) in [6, 6.07) is 8.30. The average Bonchev–Trinajstić information content (AvgIpc) is 2.77. The summed E-state index contributed by atoms with van der Waals surface area (Å²) < 4.78 is 62.0. The summed E-state index contributed by atoms with van der Waals surface area (Å²) in [4.78, 5) is 25.1. The lowest BCUT2D eigenvalue weighted by molar-refractivity contribution is -0.384. The van der Waals surface area contributed by atoms with Crippen LogP contribution in [0.15, 0.2) is 47.4 Å². The quantitative estimate of drug-likeness (QED) is 0.473. The van der Waals surface area contributed by atoms with E-state index in [1.807, 2.05) is 0 Å². The molecule has 1 unspecified atom stereocenters. The van der Waals surface area contributed by atoms with E-state index >= 15 is 0 Å². The molecule has 1 saturated heterocycles. The highest BCUT2D eigenvalue weighted by Gasteiger charge is 2.35. The molecule has 1 aliphatic heterocycles. The van der Waals surface area contributed by atoms with Crippen molar-refractivity contribution >= 4 is 27.1 Å². The van der Waals surface area contributed by atoms with E-state index in [0.29, 0.717) is 18.9 Å². The lowest BCUT2D eigenvalue weighted by Gasteiger charge is -2.33. The minimum absolute atomic E-state index is 0.0937. The molecule has 34 heavy (non-hydrogen) atoms. The van der Waals surface area contributed by atoms with E-state index < -0.39 is 32.2 Å². The lowest BCUT2D eigenvalue weighted by atomic mass is 9.94. The van der Waals surface area contributed by atoms with Crippen LogP contribution >= 0.6 is 0 Å². The molecule has 1 atom stereocenters. The highest BCUT2D eigenvalue weighted by molar-refractivity contribution is 7.90. The summed E-state index contributed by atoms with van der Waals surface area (Å²) in [6.45, 7) is 2.33. The third kappa shape index (κ3) is 5.85. The number of amides is 1. The van der Waals surface area contributed by atoms with Gasteiger partial charge in [0.2, 0.25) is 5.91 Å². The number of rotatable bonds is 6. The number of benzene rings is 2. The minimum atomic E-state index is -4.68. The van der Waals surface area contributed by atoms with Gasteiger partial charge in [-0.05, 0) is 49.6 Å². The first-order valence-electron chi connectivity index (χ1n) is 10.5. The fourth-order valence-electron chi connectivity index (χ4n) is 3.91. The molecule has 0 aromatic heterocycles. The minimum Gasteiger partial charge on any atom is -0.366 e. The van der Waals surface area contributed by atoms with E-state index in [4.69, 9.17) is 0 Å². The zero-order valence-electron chi connectivity index (χ0n) is 18.5. The Morgan fingerprint density at radius 2 is 1.74 bits per heavy atom. The number of carbonyl (C=O) groups is 1. The second kappa shape index (κ2) is 9.61. The molecular weight excluding hydrogens is 475 g/mol. The number of hydrogen-bond donors (Lipinski definition) is 1. The van der Waals surface area contributed by atoms with Crippen LogP contribution in [0.4, 0.5) is 24.5 Å². The van der Waals surface area contributed by atoms with Gasteiger partial charge in [0.1, 0.15) is 5.69 Å². The summed E-state index contributed by atoms with van der Waals surface area (Å²) in [5, 5.41) is 14.3. The summed E-state index contributed by atoms with van der Waals surface area (Å²) >= 11 is 0. The van der Waals surface area contributed by atoms with E-state index in [1.165, 1.54) is 12.1 Å². The normalized spacial score (nSPS) is 16.2. The van der Waals surface area contributed by atoms with Crippen LogP contribution in [0.25, 0.3) is 0 Å². The molecule has 1 fully saturated rings. The molecule has 3 rings (SSSR count). The molecule has 2 aromatic carbocycles. The third-order valence-corrected chi connectivity index (χ3v) is 7.00. The first-order chi connectivity index (χ1) is 15.8. The zero-order valence-corrected chi connectivity index (χ0v) is 19.3. The average molecular weight is 500 g/mol. The molecule has 0 radical (unpaired) electrons. The second-order valence-electron chi connectivity index (χ2n) is 8.29. The van der Waals surface area contributed by atoms with Crippen LogP contribution in [0.2, 0.25) is 0 Å². The molecule has 0 bridgehead atoms. The predicted molar refractivity (Wildman–Crippen MR) is 119 cm³/mol. The maximum atomic E-state index is 12.9. The monoisotopic (exact) mass is 499 g/mol. The number of nitrogens with zero attached hydrogens (tertiary/aromatic N) is 2. The SMILES string of the molecule is CC(NC(=O)C1CCN(c2ccc(C(F)(F)F)cc2[N+](=O)[O-])CC1)c1ccc(S(C)(=O)=O)cc1. The Labute approximate surface area is 194 Å². The molecule has 1 amide bonds. The Bertz CT molecular complexity index is 1180. The number of anilines is 1. The van der Waals surface area contributed by atoms with E-state index in [9.17, 15) is 36.5 Å². The van der Waals surface area contributed by atoms with E-state index in [0.717, 1.165) is 24.0 Å². The van der Waals surface area contributed by atoms with Crippen molar-refractivity contribution in [2.45, 2.75) is 36.9 Å². The third-order valence-electron chi connectivity index (χ3n) is 5.87. The van der Waals surface area contributed by atoms with Crippen LogP contribution in [-0.2, 0) is 20.8 Å². The van der Waals surface area contributed by atoms with Crippen molar-refractivity contribution in [1.29, 1.82) is 0 Å². The number of piperidine rings is 1. The maximum Gasteiger partial charge on any atom is 0.416 e. The van der Waals surface area contributed by atoms with Crippen molar-refractivity contribution in [2.75, 3.05) is 24.2 Å². The molecule has 1 heterocycles. The second-order valence-corrected chi connectivity index (χ2v) is 10.3. The van der Waals surface area contributed by atoms with Gasteiger partial charge in [0.25, 0.3) is 5.69 Å². The number of sulfone groups is 1. The van der Waals surface area contributed by atoms with Crippen LogP contribution in [0.3, 0.4) is 0 Å². The zero-order chi connectivity index (χ0) is 25.3. The van der Waals surface area contributed by atoms with Crippen molar-refractivity contribution in [3.8, 4) is 0 Å². The number of alkyl halides is 3. The van der Waals surface area contributed by atoms with Crippen molar-refractivity contribution in [3.05, 3.63) is 63.7 Å². The van der Waals surface area contributed by atoms with Crippen molar-refractivity contribution in [2.24, 2.45) is 5.92 Å². The number of carbonyl (C=O) groups excluding carboxylic acids is 1. The standard InChI is InChI=1S/C22H24F3N3O5S/c1-14(15-3-6-18(7-4-15)34(2,32)33)26-21(29)16-9-11-27(12-10-16)19-8-5-17(22(23,24)25)13-20(19)28(30)31/h3-8,13-14,16H,9-12H2,1-2H3,(H,26,29). The fourth-order valence-corrected chi connectivity index (χ4v) is 4.54. The Kier molecular flexibility index (Phi) is 7.20. The maximum absolute atomic E-state index is 12.9. The number of nitro benzene ring substituents is 1. The van der Waals surface area contributed by atoms with Gasteiger partial charge in [-0.3, -0.25) is 14.9 Å². The summed E-state index contributed by atoms with van der Waals surface area (Å²) in [5.74, 6) is -0.566. The van der Waals surface area contributed by atoms with Gasteiger partial charge in [0, 0.05) is 31.3 Å². The molecule has 8 nitrogen and oxygen atoms in total. The number of nitro groups is 1. The predicted octanol–water partition coefficient (Wildman–Crippen LogP) is 4.11. The topological polar surface area (TPSA) is 110 Å². The highest BCUT2D eigenvalue weighted by atomic mass is 32.2. The Morgan fingerprint density at radius 1 is 1.15 bits per heavy atom. The van der Waals surface area contributed by atoms with Gasteiger partial charge in [0.15, 0.2) is 9.84 Å². The molecule has 184 valence electrons. The first-order valence-corrected chi connectivity index (χ1v) is 12.4. The summed E-state index contributed by atoms with van der Waals surface area (Å²) in [6.07, 6.45) is -2.82. The van der Waals surface area contributed by atoms with Crippen LogP contribution in [-0.4, -0.2) is 38.6 Å².